The zero-order chi connectivity index (χ0) is 16.9. The largest absolute Gasteiger partial charge is 0.366 e. The summed E-state index contributed by atoms with van der Waals surface area (Å²) in [6.45, 7) is 1.32. The summed E-state index contributed by atoms with van der Waals surface area (Å²) < 4.78 is 16.2. The molecule has 0 bridgehead atoms. The smallest absolute Gasteiger partial charge is 0.253 e. The summed E-state index contributed by atoms with van der Waals surface area (Å²) in [5, 5.41) is 6.17. The second-order valence-corrected chi connectivity index (χ2v) is 7.24. The number of carbonyl (C=O) groups is 2. The van der Waals surface area contributed by atoms with Crippen LogP contribution < -0.4 is 16.4 Å². The lowest BCUT2D eigenvalue weighted by molar-refractivity contribution is -0.0474. The summed E-state index contributed by atoms with van der Waals surface area (Å²) in [6, 6.07) is 5.03. The molecule has 2 heterocycles. The normalized spacial score (nSPS) is 28.8. The van der Waals surface area contributed by atoms with Crippen LogP contribution in [-0.4, -0.2) is 30.6 Å². The highest BCUT2D eigenvalue weighted by atomic mass is 19.1. The van der Waals surface area contributed by atoms with Crippen LogP contribution in [-0.2, 0) is 5.54 Å². The van der Waals surface area contributed by atoms with Gasteiger partial charge in [-0.25, -0.2) is 4.39 Å². The van der Waals surface area contributed by atoms with Gasteiger partial charge < -0.3 is 16.4 Å². The van der Waals surface area contributed by atoms with Crippen molar-refractivity contribution in [1.29, 1.82) is 0 Å². The number of amides is 2. The molecule has 1 atom stereocenters. The van der Waals surface area contributed by atoms with Crippen molar-refractivity contribution in [2.24, 2.45) is 11.7 Å². The van der Waals surface area contributed by atoms with E-state index >= 15 is 4.39 Å². The summed E-state index contributed by atoms with van der Waals surface area (Å²) in [6.07, 6.45) is 3.53. The van der Waals surface area contributed by atoms with E-state index in [1.54, 1.807) is 18.2 Å². The van der Waals surface area contributed by atoms with Gasteiger partial charge in [0.25, 0.3) is 5.91 Å². The Morgan fingerprint density at radius 2 is 1.92 bits per heavy atom. The summed E-state index contributed by atoms with van der Waals surface area (Å²) in [7, 11) is 0. The maximum Gasteiger partial charge on any atom is 0.253 e. The molecular formula is C18H22FN3O2. The van der Waals surface area contributed by atoms with Crippen molar-refractivity contribution in [3.05, 3.63) is 34.9 Å². The van der Waals surface area contributed by atoms with Gasteiger partial charge in [0.2, 0.25) is 5.91 Å². The Kier molecular flexibility index (Phi) is 3.42. The fraction of sp³-hybridized carbons (Fsp3) is 0.556. The van der Waals surface area contributed by atoms with Crippen molar-refractivity contribution in [1.82, 2.24) is 10.6 Å². The van der Waals surface area contributed by atoms with Gasteiger partial charge in [-0.15, -0.1) is 0 Å². The lowest BCUT2D eigenvalue weighted by atomic mass is 9.61. The van der Waals surface area contributed by atoms with Crippen LogP contribution in [0.15, 0.2) is 18.2 Å². The second kappa shape index (κ2) is 5.28. The fourth-order valence-electron chi connectivity index (χ4n) is 4.78. The van der Waals surface area contributed by atoms with Crippen LogP contribution in [0.3, 0.4) is 0 Å². The average Bonchev–Trinajstić information content (AvgIpc) is 2.81. The Morgan fingerprint density at radius 3 is 2.50 bits per heavy atom. The molecule has 6 heteroatoms. The van der Waals surface area contributed by atoms with Crippen LogP contribution in [0.25, 0.3) is 0 Å². The number of hydrogen-bond donors (Lipinski definition) is 3. The molecule has 1 saturated heterocycles. The number of fused-ring (bicyclic) bond motifs is 1. The van der Waals surface area contributed by atoms with E-state index < -0.39 is 17.1 Å². The topological polar surface area (TPSA) is 84.2 Å². The SMILES string of the molecule is NC(=O)c1cccc2c1C(=O)NC2(C1CNC1)C1(F)CCCCC1. The van der Waals surface area contributed by atoms with Gasteiger partial charge in [-0.1, -0.05) is 31.4 Å². The molecule has 3 aliphatic rings. The number of hydrogen-bond acceptors (Lipinski definition) is 3. The van der Waals surface area contributed by atoms with Crippen molar-refractivity contribution in [3.8, 4) is 0 Å². The molecular weight excluding hydrogens is 309 g/mol. The van der Waals surface area contributed by atoms with Crippen LogP contribution in [0, 0.1) is 5.92 Å². The molecule has 1 aromatic carbocycles. The van der Waals surface area contributed by atoms with Gasteiger partial charge in [0.15, 0.2) is 0 Å². The Hall–Kier alpha value is -1.95. The number of alkyl halides is 1. The molecule has 0 spiro atoms. The lowest BCUT2D eigenvalue weighted by Crippen LogP contribution is -2.68. The average molecular weight is 331 g/mol. The molecule has 2 amide bonds. The zero-order valence-corrected chi connectivity index (χ0v) is 13.5. The minimum atomic E-state index is -1.49. The monoisotopic (exact) mass is 331 g/mol. The van der Waals surface area contributed by atoms with Crippen LogP contribution in [0.4, 0.5) is 4.39 Å². The number of halogens is 1. The van der Waals surface area contributed by atoms with E-state index in [1.807, 2.05) is 0 Å². The lowest BCUT2D eigenvalue weighted by Gasteiger charge is -2.53. The van der Waals surface area contributed by atoms with Gasteiger partial charge in [0.1, 0.15) is 11.2 Å². The summed E-state index contributed by atoms with van der Waals surface area (Å²) in [5.41, 5.74) is 3.95. The van der Waals surface area contributed by atoms with E-state index in [-0.39, 0.29) is 23.0 Å². The molecule has 1 aromatic rings. The van der Waals surface area contributed by atoms with Crippen molar-refractivity contribution < 1.29 is 14.0 Å². The highest BCUT2D eigenvalue weighted by molar-refractivity contribution is 6.10. The van der Waals surface area contributed by atoms with E-state index in [9.17, 15) is 9.59 Å². The Bertz CT molecular complexity index is 710. The molecule has 1 unspecified atom stereocenters. The first-order valence-electron chi connectivity index (χ1n) is 8.65. The molecule has 24 heavy (non-hydrogen) atoms. The van der Waals surface area contributed by atoms with E-state index in [0.29, 0.717) is 31.5 Å². The number of nitrogens with two attached hydrogens (primary N) is 1. The maximum absolute atomic E-state index is 16.2. The third-order valence-corrected chi connectivity index (χ3v) is 6.04. The quantitative estimate of drug-likeness (QED) is 0.787. The number of nitrogens with one attached hydrogen (secondary N) is 2. The fourth-order valence-corrected chi connectivity index (χ4v) is 4.78. The van der Waals surface area contributed by atoms with Crippen molar-refractivity contribution >= 4 is 11.8 Å². The van der Waals surface area contributed by atoms with Gasteiger partial charge in [0, 0.05) is 19.0 Å². The van der Waals surface area contributed by atoms with Crippen LogP contribution >= 0.6 is 0 Å². The summed E-state index contributed by atoms with van der Waals surface area (Å²) in [4.78, 5) is 24.5. The number of primary amides is 1. The third kappa shape index (κ3) is 1.89. The number of carbonyl (C=O) groups excluding carboxylic acids is 2. The van der Waals surface area contributed by atoms with E-state index in [2.05, 4.69) is 10.6 Å². The molecule has 1 aliphatic carbocycles. The van der Waals surface area contributed by atoms with Gasteiger partial charge >= 0.3 is 0 Å². The van der Waals surface area contributed by atoms with Crippen LogP contribution in [0.1, 0.15) is 58.4 Å². The molecule has 2 fully saturated rings. The minimum absolute atomic E-state index is 0.0195. The first-order valence-corrected chi connectivity index (χ1v) is 8.65. The van der Waals surface area contributed by atoms with E-state index in [1.165, 1.54) is 0 Å². The first-order chi connectivity index (χ1) is 11.5. The molecule has 0 radical (unpaired) electrons. The zero-order valence-electron chi connectivity index (χ0n) is 13.5. The highest BCUT2D eigenvalue weighted by Crippen LogP contribution is 2.54. The predicted octanol–water partition coefficient (Wildman–Crippen LogP) is 1.62. The first kappa shape index (κ1) is 15.6. The van der Waals surface area contributed by atoms with Gasteiger partial charge in [0.05, 0.1) is 11.1 Å². The Morgan fingerprint density at radius 1 is 1.21 bits per heavy atom. The molecule has 5 nitrogen and oxygen atoms in total. The molecule has 1 saturated carbocycles. The highest BCUT2D eigenvalue weighted by Gasteiger charge is 2.63. The summed E-state index contributed by atoms with van der Waals surface area (Å²) >= 11 is 0. The third-order valence-electron chi connectivity index (χ3n) is 6.04. The standard InChI is InChI=1S/C18H22FN3O2/c19-17(7-2-1-3-8-17)18(11-9-21-10-11)13-6-4-5-12(15(20)23)14(13)16(24)22-18/h4-6,11,21H,1-3,7-10H2,(H2,20,23)(H,22,24). The summed E-state index contributed by atoms with van der Waals surface area (Å²) in [5.74, 6) is -1.05. The second-order valence-electron chi connectivity index (χ2n) is 7.24. The predicted molar refractivity (Wildman–Crippen MR) is 87.4 cm³/mol. The van der Waals surface area contributed by atoms with Crippen molar-refractivity contribution in [2.45, 2.75) is 43.3 Å². The number of benzene rings is 1. The van der Waals surface area contributed by atoms with Crippen LogP contribution in [0.2, 0.25) is 0 Å². The maximum atomic E-state index is 16.2. The van der Waals surface area contributed by atoms with Gasteiger partial charge in [-0.05, 0) is 24.5 Å². The van der Waals surface area contributed by atoms with Gasteiger partial charge in [-0.2, -0.15) is 0 Å². The van der Waals surface area contributed by atoms with Crippen molar-refractivity contribution in [2.75, 3.05) is 13.1 Å². The Balaban J connectivity index is 1.93. The molecule has 0 aromatic heterocycles. The molecule has 4 rings (SSSR count). The Labute approximate surface area is 140 Å². The van der Waals surface area contributed by atoms with E-state index in [0.717, 1.165) is 19.3 Å². The number of rotatable bonds is 3. The molecule has 128 valence electrons. The minimum Gasteiger partial charge on any atom is -0.366 e. The van der Waals surface area contributed by atoms with Gasteiger partial charge in [-0.3, -0.25) is 9.59 Å². The molecule has 4 N–H and O–H groups in total. The van der Waals surface area contributed by atoms with E-state index in [4.69, 9.17) is 5.73 Å². The van der Waals surface area contributed by atoms with Crippen molar-refractivity contribution in [3.63, 3.8) is 0 Å². The molecule has 2 aliphatic heterocycles. The van der Waals surface area contributed by atoms with Crippen LogP contribution in [0.5, 0.6) is 0 Å².